The number of imidazole rings is 1. The van der Waals surface area contributed by atoms with Crippen molar-refractivity contribution in [2.75, 3.05) is 5.32 Å². The van der Waals surface area contributed by atoms with Crippen LogP contribution in [0.4, 0.5) is 11.5 Å². The quantitative estimate of drug-likeness (QED) is 0.563. The van der Waals surface area contributed by atoms with E-state index < -0.39 is 0 Å². The van der Waals surface area contributed by atoms with Crippen LogP contribution in [0.15, 0.2) is 49.3 Å². The second kappa shape index (κ2) is 3.81. The molecule has 92 valence electrons. The van der Waals surface area contributed by atoms with E-state index in [1.165, 1.54) is 0 Å². The van der Waals surface area contributed by atoms with Crippen LogP contribution in [-0.2, 0) is 0 Å². The van der Waals surface area contributed by atoms with Crippen LogP contribution in [0.5, 0.6) is 11.6 Å². The standard InChI is InChI=1S/C13H9N5O/c1-2-11-10(7-9(1)18-6-5-14-8-18)17-12-13(19-11)16-4-3-15-12/h1-8H,(H,15,17). The largest absolute Gasteiger partial charge is 0.434 e. The summed E-state index contributed by atoms with van der Waals surface area (Å²) < 4.78 is 7.61. The lowest BCUT2D eigenvalue weighted by Gasteiger charge is -2.20. The van der Waals surface area contributed by atoms with Crippen LogP contribution in [0, 0.1) is 0 Å². The maximum atomic E-state index is 5.69. The average Bonchev–Trinajstić information content (AvgIpc) is 2.98. The summed E-state index contributed by atoms with van der Waals surface area (Å²) >= 11 is 0. The number of nitrogens with zero attached hydrogens (tertiary/aromatic N) is 4. The van der Waals surface area contributed by atoms with E-state index in [0.29, 0.717) is 11.7 Å². The minimum absolute atomic E-state index is 0.491. The van der Waals surface area contributed by atoms with E-state index in [0.717, 1.165) is 17.1 Å². The first-order chi connectivity index (χ1) is 9.40. The lowest BCUT2D eigenvalue weighted by molar-refractivity contribution is 0.458. The molecule has 6 nitrogen and oxygen atoms in total. The van der Waals surface area contributed by atoms with E-state index in [2.05, 4.69) is 20.3 Å². The Labute approximate surface area is 108 Å². The predicted octanol–water partition coefficient (Wildman–Crippen LogP) is 2.51. The van der Waals surface area contributed by atoms with Crippen LogP contribution in [0.3, 0.4) is 0 Å². The Bertz CT molecular complexity index is 739. The summed E-state index contributed by atoms with van der Waals surface area (Å²) in [6.07, 6.45) is 8.60. The van der Waals surface area contributed by atoms with Crippen molar-refractivity contribution in [2.45, 2.75) is 0 Å². The summed E-state index contributed by atoms with van der Waals surface area (Å²) in [4.78, 5) is 12.4. The van der Waals surface area contributed by atoms with Gasteiger partial charge in [0, 0.05) is 30.5 Å². The van der Waals surface area contributed by atoms with Gasteiger partial charge in [-0.1, -0.05) is 0 Å². The number of fused-ring (bicyclic) bond motifs is 2. The highest BCUT2D eigenvalue weighted by Crippen LogP contribution is 2.39. The third-order valence-corrected chi connectivity index (χ3v) is 2.89. The first-order valence-corrected chi connectivity index (χ1v) is 5.78. The van der Waals surface area contributed by atoms with Crippen molar-refractivity contribution in [2.24, 2.45) is 0 Å². The van der Waals surface area contributed by atoms with E-state index in [4.69, 9.17) is 4.74 Å². The summed E-state index contributed by atoms with van der Waals surface area (Å²) in [5, 5.41) is 3.21. The maximum absolute atomic E-state index is 5.69. The molecule has 4 rings (SSSR count). The Balaban J connectivity index is 1.78. The number of hydrogen-bond acceptors (Lipinski definition) is 5. The average molecular weight is 251 g/mol. The molecule has 0 fully saturated rings. The molecule has 1 N–H and O–H groups in total. The molecule has 0 atom stereocenters. The molecule has 2 aromatic heterocycles. The summed E-state index contributed by atoms with van der Waals surface area (Å²) in [6.45, 7) is 0. The zero-order valence-corrected chi connectivity index (χ0v) is 9.82. The molecule has 0 radical (unpaired) electrons. The summed E-state index contributed by atoms with van der Waals surface area (Å²) in [7, 11) is 0. The lowest BCUT2D eigenvalue weighted by Crippen LogP contribution is -2.06. The smallest absolute Gasteiger partial charge is 0.263 e. The molecule has 1 aromatic carbocycles. The Morgan fingerprint density at radius 2 is 2.05 bits per heavy atom. The van der Waals surface area contributed by atoms with E-state index in [1.807, 2.05) is 29.0 Å². The van der Waals surface area contributed by atoms with Crippen molar-refractivity contribution in [3.63, 3.8) is 0 Å². The molecular weight excluding hydrogens is 242 g/mol. The normalized spacial score (nSPS) is 12.0. The number of nitrogens with one attached hydrogen (secondary N) is 1. The van der Waals surface area contributed by atoms with Gasteiger partial charge in [0.2, 0.25) is 0 Å². The minimum atomic E-state index is 0.491. The van der Waals surface area contributed by atoms with Gasteiger partial charge in [0.25, 0.3) is 5.88 Å². The zero-order chi connectivity index (χ0) is 12.7. The van der Waals surface area contributed by atoms with Gasteiger partial charge in [-0.3, -0.25) is 0 Å². The monoisotopic (exact) mass is 251 g/mol. The summed E-state index contributed by atoms with van der Waals surface area (Å²) in [5.41, 5.74) is 1.86. The van der Waals surface area contributed by atoms with Gasteiger partial charge in [-0.15, -0.1) is 0 Å². The molecule has 6 heteroatoms. The number of benzene rings is 1. The fourth-order valence-corrected chi connectivity index (χ4v) is 1.99. The number of rotatable bonds is 1. The molecule has 3 heterocycles. The number of aromatic nitrogens is 4. The highest BCUT2D eigenvalue weighted by atomic mass is 16.5. The molecule has 0 unspecified atom stereocenters. The van der Waals surface area contributed by atoms with Gasteiger partial charge in [-0.05, 0) is 18.2 Å². The highest BCUT2D eigenvalue weighted by molar-refractivity contribution is 5.73. The number of hydrogen-bond donors (Lipinski definition) is 1. The van der Waals surface area contributed by atoms with E-state index >= 15 is 0 Å². The fourth-order valence-electron chi connectivity index (χ4n) is 1.99. The lowest BCUT2D eigenvalue weighted by atomic mass is 10.2. The van der Waals surface area contributed by atoms with Crippen molar-refractivity contribution in [1.29, 1.82) is 0 Å². The third-order valence-electron chi connectivity index (χ3n) is 2.89. The predicted molar refractivity (Wildman–Crippen MR) is 69.0 cm³/mol. The molecular formula is C13H9N5O. The van der Waals surface area contributed by atoms with Crippen LogP contribution in [0.25, 0.3) is 5.69 Å². The second-order valence-electron chi connectivity index (χ2n) is 4.09. The maximum Gasteiger partial charge on any atom is 0.263 e. The molecule has 0 amide bonds. The molecule has 0 aliphatic carbocycles. The number of anilines is 2. The van der Waals surface area contributed by atoms with Gasteiger partial charge in [-0.2, -0.15) is 0 Å². The fraction of sp³-hybridized carbons (Fsp3) is 0. The van der Waals surface area contributed by atoms with Crippen LogP contribution >= 0.6 is 0 Å². The zero-order valence-electron chi connectivity index (χ0n) is 9.82. The van der Waals surface area contributed by atoms with Gasteiger partial charge in [0.1, 0.15) is 0 Å². The minimum Gasteiger partial charge on any atom is -0.434 e. The first-order valence-electron chi connectivity index (χ1n) is 5.78. The van der Waals surface area contributed by atoms with Gasteiger partial charge in [0.05, 0.1) is 12.0 Å². The van der Waals surface area contributed by atoms with Crippen molar-refractivity contribution in [3.05, 3.63) is 49.3 Å². The molecule has 3 aromatic rings. The Morgan fingerprint density at radius 3 is 2.95 bits per heavy atom. The molecule has 1 aliphatic rings. The first kappa shape index (κ1) is 10.1. The van der Waals surface area contributed by atoms with Crippen LogP contribution in [-0.4, -0.2) is 19.5 Å². The molecule has 0 saturated heterocycles. The van der Waals surface area contributed by atoms with Gasteiger partial charge in [-0.25, -0.2) is 15.0 Å². The van der Waals surface area contributed by atoms with Crippen molar-refractivity contribution in [1.82, 2.24) is 19.5 Å². The van der Waals surface area contributed by atoms with Gasteiger partial charge in [0.15, 0.2) is 11.6 Å². The van der Waals surface area contributed by atoms with Crippen LogP contribution in [0.2, 0.25) is 0 Å². The third kappa shape index (κ3) is 1.61. The molecule has 0 saturated carbocycles. The molecule has 1 aliphatic heterocycles. The van der Waals surface area contributed by atoms with Gasteiger partial charge >= 0.3 is 0 Å². The number of ether oxygens (including phenoxy) is 1. The van der Waals surface area contributed by atoms with Crippen LogP contribution in [0.1, 0.15) is 0 Å². The second-order valence-corrected chi connectivity index (χ2v) is 4.09. The Morgan fingerprint density at radius 1 is 1.11 bits per heavy atom. The SMILES string of the molecule is c1cn(-c2ccc3c(c2)Nc2nccnc2O3)cn1. The highest BCUT2D eigenvalue weighted by Gasteiger charge is 2.18. The van der Waals surface area contributed by atoms with Crippen LogP contribution < -0.4 is 10.1 Å². The Hall–Kier alpha value is -2.89. The molecule has 19 heavy (non-hydrogen) atoms. The van der Waals surface area contributed by atoms with E-state index in [1.54, 1.807) is 24.9 Å². The summed E-state index contributed by atoms with van der Waals surface area (Å²) in [5.74, 6) is 1.85. The van der Waals surface area contributed by atoms with E-state index in [9.17, 15) is 0 Å². The topological polar surface area (TPSA) is 64.9 Å². The van der Waals surface area contributed by atoms with Gasteiger partial charge < -0.3 is 14.6 Å². The van der Waals surface area contributed by atoms with Crippen molar-refractivity contribution < 1.29 is 4.74 Å². The van der Waals surface area contributed by atoms with E-state index in [-0.39, 0.29) is 0 Å². The Kier molecular flexibility index (Phi) is 2.02. The summed E-state index contributed by atoms with van der Waals surface area (Å²) in [6, 6.07) is 5.84. The van der Waals surface area contributed by atoms with Crippen molar-refractivity contribution in [3.8, 4) is 17.3 Å². The van der Waals surface area contributed by atoms with Crippen molar-refractivity contribution >= 4 is 11.5 Å². The molecule has 0 spiro atoms. The molecule has 0 bridgehead atoms.